The number of rotatable bonds is 4. The second kappa shape index (κ2) is 5.73. The van der Waals surface area contributed by atoms with Crippen LogP contribution in [0.5, 0.6) is 0 Å². The van der Waals surface area contributed by atoms with E-state index < -0.39 is 5.76 Å². The molecule has 1 aliphatic rings. The Morgan fingerprint density at radius 1 is 1.48 bits per heavy atom. The Morgan fingerprint density at radius 3 is 3.05 bits per heavy atom. The first kappa shape index (κ1) is 13.9. The van der Waals surface area contributed by atoms with E-state index in [4.69, 9.17) is 9.15 Å². The van der Waals surface area contributed by atoms with Crippen molar-refractivity contribution in [3.8, 4) is 0 Å². The predicted octanol–water partition coefficient (Wildman–Crippen LogP) is 1.28. The lowest BCUT2D eigenvalue weighted by Gasteiger charge is -2.17. The fourth-order valence-electron chi connectivity index (χ4n) is 2.63. The highest BCUT2D eigenvalue weighted by Gasteiger charge is 2.24. The van der Waals surface area contributed by atoms with Crippen molar-refractivity contribution in [3.63, 3.8) is 0 Å². The highest BCUT2D eigenvalue weighted by molar-refractivity contribution is 5.81. The Bertz CT molecular complexity index is 697. The molecule has 1 amide bonds. The Kier molecular flexibility index (Phi) is 3.79. The summed E-state index contributed by atoms with van der Waals surface area (Å²) < 4.78 is 12.1. The summed E-state index contributed by atoms with van der Waals surface area (Å²) >= 11 is 0. The molecule has 3 rings (SSSR count). The molecule has 0 spiro atoms. The molecule has 6 nitrogen and oxygen atoms in total. The van der Waals surface area contributed by atoms with Gasteiger partial charge in [-0.15, -0.1) is 0 Å². The van der Waals surface area contributed by atoms with Crippen LogP contribution in [-0.2, 0) is 16.1 Å². The van der Waals surface area contributed by atoms with Gasteiger partial charge in [0.15, 0.2) is 5.58 Å². The summed E-state index contributed by atoms with van der Waals surface area (Å²) in [4.78, 5) is 23.9. The first-order valence-corrected chi connectivity index (χ1v) is 7.15. The fraction of sp³-hybridized carbons (Fsp3) is 0.467. The number of carbonyl (C=O) groups is 1. The van der Waals surface area contributed by atoms with E-state index in [1.807, 2.05) is 25.1 Å². The van der Waals surface area contributed by atoms with E-state index in [-0.39, 0.29) is 18.1 Å². The minimum atomic E-state index is -0.408. The van der Waals surface area contributed by atoms with Crippen LogP contribution in [-0.4, -0.2) is 29.2 Å². The van der Waals surface area contributed by atoms with Crippen molar-refractivity contribution in [1.82, 2.24) is 9.88 Å². The molecule has 2 aromatic rings. The number of fused-ring (bicyclic) bond motifs is 1. The summed E-state index contributed by atoms with van der Waals surface area (Å²) in [5.74, 6) is -0.518. The van der Waals surface area contributed by atoms with Crippen molar-refractivity contribution in [1.29, 1.82) is 0 Å². The van der Waals surface area contributed by atoms with Gasteiger partial charge in [0.25, 0.3) is 0 Å². The van der Waals surface area contributed by atoms with Gasteiger partial charge in [-0.05, 0) is 31.9 Å². The van der Waals surface area contributed by atoms with Crippen LogP contribution in [0.3, 0.4) is 0 Å². The molecule has 0 unspecified atom stereocenters. The molecular formula is C15H18N2O4. The Hall–Kier alpha value is -2.08. The van der Waals surface area contributed by atoms with Crippen LogP contribution in [0.2, 0.25) is 0 Å². The lowest BCUT2D eigenvalue weighted by Crippen LogP contribution is -2.42. The molecular weight excluding hydrogens is 272 g/mol. The SMILES string of the molecule is C[C@@H](Cn1c(=O)oc2ccccc21)NC(=O)[C@H]1CCCO1. The number of oxazole rings is 1. The van der Waals surface area contributed by atoms with Crippen LogP contribution in [0.15, 0.2) is 33.5 Å². The third-order valence-electron chi connectivity index (χ3n) is 3.64. The molecule has 21 heavy (non-hydrogen) atoms. The highest BCUT2D eigenvalue weighted by atomic mass is 16.5. The van der Waals surface area contributed by atoms with Crippen molar-refractivity contribution in [2.24, 2.45) is 0 Å². The second-order valence-corrected chi connectivity index (χ2v) is 5.36. The summed E-state index contributed by atoms with van der Waals surface area (Å²) in [6.45, 7) is 2.87. The fourth-order valence-corrected chi connectivity index (χ4v) is 2.63. The molecule has 0 saturated carbocycles. The van der Waals surface area contributed by atoms with Crippen molar-refractivity contribution in [2.75, 3.05) is 6.61 Å². The second-order valence-electron chi connectivity index (χ2n) is 5.36. The zero-order chi connectivity index (χ0) is 14.8. The molecule has 0 radical (unpaired) electrons. The first-order valence-electron chi connectivity index (χ1n) is 7.15. The van der Waals surface area contributed by atoms with Crippen molar-refractivity contribution in [3.05, 3.63) is 34.8 Å². The third-order valence-corrected chi connectivity index (χ3v) is 3.64. The van der Waals surface area contributed by atoms with Gasteiger partial charge in [-0.1, -0.05) is 12.1 Å². The number of hydrogen-bond donors (Lipinski definition) is 1. The smallest absolute Gasteiger partial charge is 0.408 e. The largest absolute Gasteiger partial charge is 0.420 e. The third kappa shape index (κ3) is 2.85. The zero-order valence-corrected chi connectivity index (χ0v) is 11.9. The summed E-state index contributed by atoms with van der Waals surface area (Å²) in [6, 6.07) is 7.07. The minimum absolute atomic E-state index is 0.110. The Balaban J connectivity index is 1.71. The van der Waals surface area contributed by atoms with Crippen LogP contribution in [0, 0.1) is 0 Å². The van der Waals surface area contributed by atoms with Crippen molar-refractivity contribution < 1.29 is 13.9 Å². The average molecular weight is 290 g/mol. The normalized spacial score (nSPS) is 19.8. The number of para-hydroxylation sites is 2. The molecule has 0 aliphatic carbocycles. The quantitative estimate of drug-likeness (QED) is 0.920. The van der Waals surface area contributed by atoms with Crippen LogP contribution in [0.25, 0.3) is 11.1 Å². The van der Waals surface area contributed by atoms with Gasteiger partial charge in [-0.25, -0.2) is 4.79 Å². The molecule has 1 saturated heterocycles. The number of nitrogens with one attached hydrogen (secondary N) is 1. The maximum Gasteiger partial charge on any atom is 0.420 e. The molecule has 1 aromatic carbocycles. The molecule has 6 heteroatoms. The van der Waals surface area contributed by atoms with Crippen LogP contribution >= 0.6 is 0 Å². The van der Waals surface area contributed by atoms with Crippen molar-refractivity contribution >= 4 is 17.0 Å². The van der Waals surface area contributed by atoms with Crippen LogP contribution in [0.4, 0.5) is 0 Å². The maximum atomic E-state index is 12.0. The molecule has 112 valence electrons. The number of amides is 1. The zero-order valence-electron chi connectivity index (χ0n) is 11.9. The summed E-state index contributed by atoms with van der Waals surface area (Å²) in [6.07, 6.45) is 1.32. The van der Waals surface area contributed by atoms with Gasteiger partial charge in [0.2, 0.25) is 5.91 Å². The van der Waals surface area contributed by atoms with Gasteiger partial charge in [0.05, 0.1) is 5.52 Å². The molecule has 1 N–H and O–H groups in total. The van der Waals surface area contributed by atoms with E-state index in [0.29, 0.717) is 18.7 Å². The highest BCUT2D eigenvalue weighted by Crippen LogP contribution is 2.14. The average Bonchev–Trinajstić information content (AvgIpc) is 3.08. The van der Waals surface area contributed by atoms with Crippen LogP contribution < -0.4 is 11.1 Å². The van der Waals surface area contributed by atoms with Crippen LogP contribution in [0.1, 0.15) is 19.8 Å². The number of nitrogens with zero attached hydrogens (tertiary/aromatic N) is 1. The summed E-state index contributed by atoms with van der Waals surface area (Å²) in [5.41, 5.74) is 1.29. The predicted molar refractivity (Wildman–Crippen MR) is 77.1 cm³/mol. The van der Waals surface area contributed by atoms with E-state index in [2.05, 4.69) is 5.32 Å². The molecule has 1 aliphatic heterocycles. The van der Waals surface area contributed by atoms with E-state index in [0.717, 1.165) is 18.4 Å². The maximum absolute atomic E-state index is 12.0. The molecule has 2 atom stereocenters. The van der Waals surface area contributed by atoms with Gasteiger partial charge in [-0.3, -0.25) is 9.36 Å². The number of hydrogen-bond acceptors (Lipinski definition) is 4. The Morgan fingerprint density at radius 2 is 2.29 bits per heavy atom. The van der Waals surface area contributed by atoms with E-state index in [9.17, 15) is 9.59 Å². The van der Waals surface area contributed by atoms with E-state index >= 15 is 0 Å². The van der Waals surface area contributed by atoms with Gasteiger partial charge in [0.1, 0.15) is 6.10 Å². The lowest BCUT2D eigenvalue weighted by atomic mass is 10.2. The number of ether oxygens (including phenoxy) is 1. The monoisotopic (exact) mass is 290 g/mol. The minimum Gasteiger partial charge on any atom is -0.408 e. The number of benzene rings is 1. The lowest BCUT2D eigenvalue weighted by molar-refractivity contribution is -0.130. The van der Waals surface area contributed by atoms with Gasteiger partial charge >= 0.3 is 5.76 Å². The standard InChI is InChI=1S/C15H18N2O4/c1-10(16-14(18)13-7-4-8-20-13)9-17-11-5-2-3-6-12(11)21-15(17)19/h2-3,5-6,10,13H,4,7-9H2,1H3,(H,16,18)/t10-,13+/m0/s1. The van der Waals surface area contributed by atoms with Gasteiger partial charge < -0.3 is 14.5 Å². The molecule has 1 fully saturated rings. The Labute approximate surface area is 121 Å². The summed E-state index contributed by atoms with van der Waals surface area (Å²) in [5, 5.41) is 2.89. The number of aromatic nitrogens is 1. The van der Waals surface area contributed by atoms with Crippen molar-refractivity contribution in [2.45, 2.75) is 38.5 Å². The van der Waals surface area contributed by atoms with E-state index in [1.165, 1.54) is 4.57 Å². The molecule has 0 bridgehead atoms. The van der Waals surface area contributed by atoms with Gasteiger partial charge in [-0.2, -0.15) is 0 Å². The first-order chi connectivity index (χ1) is 10.1. The summed E-state index contributed by atoms with van der Waals surface area (Å²) in [7, 11) is 0. The molecule has 2 heterocycles. The number of carbonyl (C=O) groups excluding carboxylic acids is 1. The van der Waals surface area contributed by atoms with Gasteiger partial charge in [0, 0.05) is 19.2 Å². The topological polar surface area (TPSA) is 73.5 Å². The van der Waals surface area contributed by atoms with E-state index in [1.54, 1.807) is 6.07 Å². The molecule has 1 aromatic heterocycles.